The van der Waals surface area contributed by atoms with E-state index in [2.05, 4.69) is 20.5 Å². The van der Waals surface area contributed by atoms with Gasteiger partial charge in [0.05, 0.1) is 5.75 Å². The Bertz CT molecular complexity index is 836. The first-order valence-corrected chi connectivity index (χ1v) is 9.45. The molecule has 0 aliphatic carbocycles. The van der Waals surface area contributed by atoms with Gasteiger partial charge in [0.1, 0.15) is 12.4 Å². The molecule has 0 saturated carbocycles. The van der Waals surface area contributed by atoms with Crippen molar-refractivity contribution >= 4 is 45.7 Å². The molecule has 0 saturated heterocycles. The number of rotatable bonds is 7. The monoisotopic (exact) mass is 395 g/mol. The molecule has 0 unspecified atom stereocenters. The van der Waals surface area contributed by atoms with E-state index in [1.165, 1.54) is 23.1 Å². The van der Waals surface area contributed by atoms with Gasteiger partial charge in [-0.2, -0.15) is 0 Å². The Hall–Kier alpha value is -2.10. The second kappa shape index (κ2) is 8.32. The Kier molecular flexibility index (Phi) is 5.90. The van der Waals surface area contributed by atoms with Gasteiger partial charge in [0.25, 0.3) is 0 Å². The Morgan fingerprint density at radius 2 is 2.16 bits per heavy atom. The number of halogens is 1. The zero-order valence-electron chi connectivity index (χ0n) is 13.2. The molecule has 0 spiro atoms. The van der Waals surface area contributed by atoms with E-state index in [0.717, 1.165) is 0 Å². The summed E-state index contributed by atoms with van der Waals surface area (Å²) in [7, 11) is 1.83. The maximum Gasteiger partial charge on any atom is 0.236 e. The fourth-order valence-electron chi connectivity index (χ4n) is 1.85. The number of hydrogen-bond donors (Lipinski definition) is 1. The number of anilines is 1. The standard InChI is InChI=1S/C15H14ClN5O2S2/c1-21-12(8-23-11-4-2-10(16)3-5-11)19-20-15(21)25-9-13(22)18-14-17-6-7-24-14/h2-7H,8-9H2,1H3,(H,17,18,22). The number of thioether (sulfide) groups is 1. The summed E-state index contributed by atoms with van der Waals surface area (Å²) in [5.41, 5.74) is 0. The minimum Gasteiger partial charge on any atom is -0.486 e. The van der Waals surface area contributed by atoms with Gasteiger partial charge >= 0.3 is 0 Å². The van der Waals surface area contributed by atoms with E-state index in [4.69, 9.17) is 16.3 Å². The number of nitrogens with zero attached hydrogens (tertiary/aromatic N) is 4. The van der Waals surface area contributed by atoms with Gasteiger partial charge in [0, 0.05) is 23.6 Å². The van der Waals surface area contributed by atoms with Crippen LogP contribution in [0.1, 0.15) is 5.82 Å². The van der Waals surface area contributed by atoms with Gasteiger partial charge in [-0.25, -0.2) is 4.98 Å². The van der Waals surface area contributed by atoms with E-state index in [0.29, 0.717) is 26.9 Å². The maximum atomic E-state index is 11.9. The van der Waals surface area contributed by atoms with Crippen LogP contribution in [0.3, 0.4) is 0 Å². The first-order valence-electron chi connectivity index (χ1n) is 7.20. The second-order valence-corrected chi connectivity index (χ2v) is 7.15. The maximum absolute atomic E-state index is 11.9. The van der Waals surface area contributed by atoms with Crippen LogP contribution < -0.4 is 10.1 Å². The van der Waals surface area contributed by atoms with Crippen molar-refractivity contribution in [1.82, 2.24) is 19.7 Å². The van der Waals surface area contributed by atoms with Crippen LogP contribution in [-0.2, 0) is 18.4 Å². The summed E-state index contributed by atoms with van der Waals surface area (Å²) >= 11 is 8.52. The first kappa shape index (κ1) is 17.7. The van der Waals surface area contributed by atoms with E-state index in [9.17, 15) is 4.79 Å². The molecule has 25 heavy (non-hydrogen) atoms. The number of hydrogen-bond acceptors (Lipinski definition) is 7. The number of ether oxygens (including phenoxy) is 1. The third kappa shape index (κ3) is 4.94. The lowest BCUT2D eigenvalue weighted by molar-refractivity contribution is -0.113. The van der Waals surface area contributed by atoms with Crippen molar-refractivity contribution < 1.29 is 9.53 Å². The molecule has 0 aliphatic rings. The molecular weight excluding hydrogens is 382 g/mol. The summed E-state index contributed by atoms with van der Waals surface area (Å²) < 4.78 is 7.46. The fraction of sp³-hybridized carbons (Fsp3) is 0.200. The van der Waals surface area contributed by atoms with Gasteiger partial charge in [0.2, 0.25) is 5.91 Å². The van der Waals surface area contributed by atoms with E-state index in [-0.39, 0.29) is 18.3 Å². The molecule has 130 valence electrons. The van der Waals surface area contributed by atoms with E-state index < -0.39 is 0 Å². The van der Waals surface area contributed by atoms with Crippen LogP contribution in [0.2, 0.25) is 5.02 Å². The quantitative estimate of drug-likeness (QED) is 0.618. The molecule has 10 heteroatoms. The van der Waals surface area contributed by atoms with E-state index >= 15 is 0 Å². The number of nitrogens with one attached hydrogen (secondary N) is 1. The molecule has 7 nitrogen and oxygen atoms in total. The highest BCUT2D eigenvalue weighted by Gasteiger charge is 2.12. The molecule has 0 bridgehead atoms. The zero-order valence-corrected chi connectivity index (χ0v) is 15.6. The Balaban J connectivity index is 1.52. The van der Waals surface area contributed by atoms with Crippen LogP contribution in [0.5, 0.6) is 5.75 Å². The number of amides is 1. The smallest absolute Gasteiger partial charge is 0.236 e. The molecule has 0 fully saturated rings. The number of thiazole rings is 1. The van der Waals surface area contributed by atoms with Gasteiger partial charge in [-0.05, 0) is 24.3 Å². The summed E-state index contributed by atoms with van der Waals surface area (Å²) in [6, 6.07) is 7.10. The topological polar surface area (TPSA) is 81.9 Å². The molecule has 1 N–H and O–H groups in total. The minimum atomic E-state index is -0.137. The van der Waals surface area contributed by atoms with Crippen molar-refractivity contribution in [2.45, 2.75) is 11.8 Å². The predicted octanol–water partition coefficient (Wildman–Crippen LogP) is 3.23. The van der Waals surface area contributed by atoms with Crippen LogP contribution in [0.4, 0.5) is 5.13 Å². The highest BCUT2D eigenvalue weighted by molar-refractivity contribution is 7.99. The summed E-state index contributed by atoms with van der Waals surface area (Å²) in [5, 5.41) is 14.6. The Morgan fingerprint density at radius 1 is 1.36 bits per heavy atom. The average Bonchev–Trinajstić information content (AvgIpc) is 3.23. The number of carbonyl (C=O) groups is 1. The molecule has 1 amide bonds. The Morgan fingerprint density at radius 3 is 2.88 bits per heavy atom. The largest absolute Gasteiger partial charge is 0.486 e. The average molecular weight is 396 g/mol. The molecule has 0 atom stereocenters. The van der Waals surface area contributed by atoms with Gasteiger partial charge in [-0.15, -0.1) is 21.5 Å². The van der Waals surface area contributed by atoms with Crippen LogP contribution in [0, 0.1) is 0 Å². The molecule has 0 aliphatic heterocycles. The highest BCUT2D eigenvalue weighted by Crippen LogP contribution is 2.19. The van der Waals surface area contributed by atoms with Crippen molar-refractivity contribution in [3.63, 3.8) is 0 Å². The van der Waals surface area contributed by atoms with Gasteiger partial charge in [-0.3, -0.25) is 4.79 Å². The predicted molar refractivity (Wildman–Crippen MR) is 98.3 cm³/mol. The van der Waals surface area contributed by atoms with Crippen molar-refractivity contribution in [2.75, 3.05) is 11.1 Å². The first-order chi connectivity index (χ1) is 12.1. The molecular formula is C15H14ClN5O2S2. The Labute approximate surface area is 157 Å². The van der Waals surface area contributed by atoms with Gasteiger partial charge in [-0.1, -0.05) is 23.4 Å². The molecule has 2 heterocycles. The van der Waals surface area contributed by atoms with Crippen LogP contribution in [0.15, 0.2) is 41.0 Å². The summed E-state index contributed by atoms with van der Waals surface area (Å²) in [4.78, 5) is 15.9. The van der Waals surface area contributed by atoms with Gasteiger partial charge < -0.3 is 14.6 Å². The minimum absolute atomic E-state index is 0.137. The van der Waals surface area contributed by atoms with E-state index in [1.807, 2.05) is 7.05 Å². The third-order valence-corrected chi connectivity index (χ3v) is 5.08. The summed E-state index contributed by atoms with van der Waals surface area (Å²) in [6.07, 6.45) is 1.64. The summed E-state index contributed by atoms with van der Waals surface area (Å²) in [6.45, 7) is 0.275. The van der Waals surface area contributed by atoms with Crippen molar-refractivity contribution in [2.24, 2.45) is 7.05 Å². The number of benzene rings is 1. The lowest BCUT2D eigenvalue weighted by Crippen LogP contribution is -2.14. The van der Waals surface area contributed by atoms with Crippen molar-refractivity contribution in [1.29, 1.82) is 0 Å². The zero-order chi connectivity index (χ0) is 17.6. The SMILES string of the molecule is Cn1c(COc2ccc(Cl)cc2)nnc1SCC(=O)Nc1nccs1. The molecule has 3 rings (SSSR count). The van der Waals surface area contributed by atoms with Gasteiger partial charge in [0.15, 0.2) is 16.1 Å². The number of aromatic nitrogens is 4. The highest BCUT2D eigenvalue weighted by atomic mass is 35.5. The van der Waals surface area contributed by atoms with Crippen LogP contribution in [-0.4, -0.2) is 31.4 Å². The van der Waals surface area contributed by atoms with E-state index in [1.54, 1.807) is 40.4 Å². The normalized spacial score (nSPS) is 10.6. The summed E-state index contributed by atoms with van der Waals surface area (Å²) in [5.74, 6) is 1.45. The van der Waals surface area contributed by atoms with Crippen LogP contribution >= 0.6 is 34.7 Å². The lowest BCUT2D eigenvalue weighted by atomic mass is 10.3. The second-order valence-electron chi connectivity index (χ2n) is 4.87. The lowest BCUT2D eigenvalue weighted by Gasteiger charge is -2.06. The molecule has 2 aromatic heterocycles. The number of carbonyl (C=O) groups excluding carboxylic acids is 1. The van der Waals surface area contributed by atoms with Crippen molar-refractivity contribution in [3.05, 3.63) is 46.7 Å². The fourth-order valence-corrected chi connectivity index (χ4v) is 3.25. The van der Waals surface area contributed by atoms with Crippen LogP contribution in [0.25, 0.3) is 0 Å². The molecule has 0 radical (unpaired) electrons. The molecule has 1 aromatic carbocycles. The third-order valence-electron chi connectivity index (χ3n) is 3.12. The van der Waals surface area contributed by atoms with Crippen molar-refractivity contribution in [3.8, 4) is 5.75 Å². The molecule has 3 aromatic rings.